The Morgan fingerprint density at radius 2 is 2.18 bits per heavy atom. The van der Waals surface area contributed by atoms with Gasteiger partial charge in [-0.1, -0.05) is 10.6 Å². The largest absolute Gasteiger partial charge is 0.314 e. The van der Waals surface area contributed by atoms with Crippen LogP contribution < -0.4 is 5.32 Å². The predicted molar refractivity (Wildman–Crippen MR) is 70.4 cm³/mol. The van der Waals surface area contributed by atoms with Crippen molar-refractivity contribution in [3.63, 3.8) is 0 Å². The van der Waals surface area contributed by atoms with Gasteiger partial charge < -0.3 is 10.2 Å². The first-order valence-corrected chi connectivity index (χ1v) is 6.83. The first-order chi connectivity index (χ1) is 8.42. The molecule has 1 aromatic carbocycles. The van der Waals surface area contributed by atoms with Gasteiger partial charge in [0.1, 0.15) is 5.52 Å². The molecule has 0 atom stereocenters. The minimum Gasteiger partial charge on any atom is -0.314 e. The van der Waals surface area contributed by atoms with Gasteiger partial charge >= 0.3 is 0 Å². The van der Waals surface area contributed by atoms with Crippen LogP contribution in [0.15, 0.2) is 18.2 Å². The average molecular weight is 248 g/mol. The van der Waals surface area contributed by atoms with Crippen LogP contribution in [0.1, 0.15) is 5.56 Å². The lowest BCUT2D eigenvalue weighted by Gasteiger charge is -2.27. The van der Waals surface area contributed by atoms with Gasteiger partial charge in [-0.15, -0.1) is 5.10 Å². The second-order valence-electron chi connectivity index (χ2n) is 4.42. The van der Waals surface area contributed by atoms with E-state index in [1.807, 2.05) is 0 Å². The van der Waals surface area contributed by atoms with E-state index in [0.29, 0.717) is 0 Å². The molecule has 1 aliphatic heterocycles. The number of benzene rings is 1. The number of fused-ring (bicyclic) bond motifs is 1. The molecule has 1 fully saturated rings. The van der Waals surface area contributed by atoms with Crippen LogP contribution in [-0.2, 0) is 6.42 Å². The van der Waals surface area contributed by atoms with Crippen molar-refractivity contribution in [3.05, 3.63) is 23.8 Å². The molecule has 1 aliphatic rings. The van der Waals surface area contributed by atoms with Gasteiger partial charge in [0, 0.05) is 32.7 Å². The van der Waals surface area contributed by atoms with Gasteiger partial charge in [0.05, 0.1) is 4.70 Å². The topological polar surface area (TPSA) is 41.1 Å². The minimum absolute atomic E-state index is 1.01. The fourth-order valence-electron chi connectivity index (χ4n) is 2.20. The Morgan fingerprint density at radius 3 is 3.06 bits per heavy atom. The maximum Gasteiger partial charge on any atom is 0.105 e. The zero-order valence-corrected chi connectivity index (χ0v) is 10.5. The SMILES string of the molecule is c1cc2nnsc2cc1CCN1CCNCC1. The van der Waals surface area contributed by atoms with Gasteiger partial charge in [-0.2, -0.15) is 0 Å². The van der Waals surface area contributed by atoms with Crippen molar-refractivity contribution in [1.29, 1.82) is 0 Å². The van der Waals surface area contributed by atoms with Crippen molar-refractivity contribution in [1.82, 2.24) is 19.8 Å². The molecule has 2 aromatic rings. The molecular weight excluding hydrogens is 232 g/mol. The monoisotopic (exact) mass is 248 g/mol. The number of rotatable bonds is 3. The van der Waals surface area contributed by atoms with E-state index < -0.39 is 0 Å². The van der Waals surface area contributed by atoms with Crippen LogP contribution in [0, 0.1) is 0 Å². The molecule has 0 amide bonds. The molecule has 0 radical (unpaired) electrons. The summed E-state index contributed by atoms with van der Waals surface area (Å²) in [5.41, 5.74) is 2.41. The van der Waals surface area contributed by atoms with E-state index in [1.54, 1.807) is 0 Å². The predicted octanol–water partition coefficient (Wildman–Crippen LogP) is 1.14. The molecule has 0 bridgehead atoms. The molecule has 0 spiro atoms. The van der Waals surface area contributed by atoms with Crippen molar-refractivity contribution >= 4 is 21.7 Å². The van der Waals surface area contributed by atoms with Crippen LogP contribution in [0.2, 0.25) is 0 Å². The normalized spacial score (nSPS) is 17.6. The van der Waals surface area contributed by atoms with E-state index in [1.165, 1.54) is 34.9 Å². The highest BCUT2D eigenvalue weighted by Gasteiger charge is 2.09. The number of hydrogen-bond donors (Lipinski definition) is 1. The number of hydrogen-bond acceptors (Lipinski definition) is 5. The number of piperazine rings is 1. The zero-order chi connectivity index (χ0) is 11.5. The van der Waals surface area contributed by atoms with Crippen LogP contribution in [-0.4, -0.2) is 47.2 Å². The highest BCUT2D eigenvalue weighted by molar-refractivity contribution is 7.12. The molecule has 90 valence electrons. The van der Waals surface area contributed by atoms with Gasteiger partial charge in [-0.3, -0.25) is 0 Å². The standard InChI is InChI=1S/C12H16N4S/c1-2-11-12(17-15-14-11)9-10(1)3-6-16-7-4-13-5-8-16/h1-2,9,13H,3-8H2. The van der Waals surface area contributed by atoms with Crippen LogP contribution in [0.4, 0.5) is 0 Å². The Bertz CT molecular complexity index is 490. The summed E-state index contributed by atoms with van der Waals surface area (Å²) in [4.78, 5) is 2.52. The summed E-state index contributed by atoms with van der Waals surface area (Å²) in [5.74, 6) is 0. The number of nitrogens with zero attached hydrogens (tertiary/aromatic N) is 3. The van der Waals surface area contributed by atoms with Crippen LogP contribution >= 0.6 is 11.5 Å². The van der Waals surface area contributed by atoms with Crippen molar-refractivity contribution in [2.24, 2.45) is 0 Å². The molecule has 1 aromatic heterocycles. The number of nitrogens with one attached hydrogen (secondary N) is 1. The Hall–Kier alpha value is -1.04. The Balaban J connectivity index is 1.63. The third-order valence-electron chi connectivity index (χ3n) is 3.24. The summed E-state index contributed by atoms with van der Waals surface area (Å²) in [5, 5.41) is 7.44. The lowest BCUT2D eigenvalue weighted by atomic mass is 10.1. The van der Waals surface area contributed by atoms with Crippen LogP contribution in [0.5, 0.6) is 0 Å². The summed E-state index contributed by atoms with van der Waals surface area (Å²) in [6.07, 6.45) is 1.12. The fourth-order valence-corrected chi connectivity index (χ4v) is 2.82. The van der Waals surface area contributed by atoms with E-state index >= 15 is 0 Å². The van der Waals surface area contributed by atoms with Crippen molar-refractivity contribution < 1.29 is 0 Å². The molecule has 3 rings (SSSR count). The molecule has 1 N–H and O–H groups in total. The average Bonchev–Trinajstić information content (AvgIpc) is 2.85. The van der Waals surface area contributed by atoms with E-state index in [-0.39, 0.29) is 0 Å². The summed E-state index contributed by atoms with van der Waals surface area (Å²) >= 11 is 1.48. The third kappa shape index (κ3) is 2.62. The fraction of sp³-hybridized carbons (Fsp3) is 0.500. The summed E-state index contributed by atoms with van der Waals surface area (Å²) in [7, 11) is 0. The Labute approximate surface area is 105 Å². The van der Waals surface area contributed by atoms with Crippen molar-refractivity contribution in [3.8, 4) is 0 Å². The first kappa shape index (κ1) is 11.1. The third-order valence-corrected chi connectivity index (χ3v) is 3.93. The minimum atomic E-state index is 1.01. The van der Waals surface area contributed by atoms with E-state index in [9.17, 15) is 0 Å². The lowest BCUT2D eigenvalue weighted by Crippen LogP contribution is -2.44. The molecule has 17 heavy (non-hydrogen) atoms. The van der Waals surface area contributed by atoms with E-state index in [2.05, 4.69) is 38.0 Å². The van der Waals surface area contributed by atoms with Gasteiger partial charge in [0.25, 0.3) is 0 Å². The first-order valence-electron chi connectivity index (χ1n) is 6.06. The van der Waals surface area contributed by atoms with Gasteiger partial charge in [0.15, 0.2) is 0 Å². The van der Waals surface area contributed by atoms with E-state index in [4.69, 9.17) is 0 Å². The summed E-state index contributed by atoms with van der Waals surface area (Å²) < 4.78 is 5.16. The molecular formula is C12H16N4S. The van der Waals surface area contributed by atoms with Gasteiger partial charge in [0.2, 0.25) is 0 Å². The molecule has 0 aliphatic carbocycles. The second-order valence-corrected chi connectivity index (χ2v) is 5.20. The van der Waals surface area contributed by atoms with Crippen molar-refractivity contribution in [2.45, 2.75) is 6.42 Å². The van der Waals surface area contributed by atoms with Crippen LogP contribution in [0.25, 0.3) is 10.2 Å². The summed E-state index contributed by atoms with van der Waals surface area (Å²) in [6, 6.07) is 6.47. The molecule has 4 nitrogen and oxygen atoms in total. The molecule has 0 unspecified atom stereocenters. The van der Waals surface area contributed by atoms with Crippen molar-refractivity contribution in [2.75, 3.05) is 32.7 Å². The lowest BCUT2D eigenvalue weighted by molar-refractivity contribution is 0.244. The summed E-state index contributed by atoms with van der Waals surface area (Å²) in [6.45, 7) is 5.74. The number of aromatic nitrogens is 2. The highest BCUT2D eigenvalue weighted by atomic mass is 32.1. The maximum atomic E-state index is 4.06. The molecule has 1 saturated heterocycles. The molecule has 0 saturated carbocycles. The molecule has 5 heteroatoms. The second kappa shape index (κ2) is 5.08. The Kier molecular flexibility index (Phi) is 3.31. The van der Waals surface area contributed by atoms with Gasteiger partial charge in [-0.25, -0.2) is 0 Å². The van der Waals surface area contributed by atoms with Gasteiger partial charge in [-0.05, 0) is 35.6 Å². The smallest absolute Gasteiger partial charge is 0.105 e. The van der Waals surface area contributed by atoms with Crippen LogP contribution in [0.3, 0.4) is 0 Å². The highest BCUT2D eigenvalue weighted by Crippen LogP contribution is 2.17. The van der Waals surface area contributed by atoms with E-state index in [0.717, 1.165) is 31.6 Å². The maximum absolute atomic E-state index is 4.06. The Morgan fingerprint density at radius 1 is 1.29 bits per heavy atom. The zero-order valence-electron chi connectivity index (χ0n) is 9.72. The quantitative estimate of drug-likeness (QED) is 0.884. The molecule has 2 heterocycles.